The number of hydrogen-bond donors (Lipinski definition) is 0. The maximum absolute atomic E-state index is 14.3. The van der Waals surface area contributed by atoms with Crippen LogP contribution >= 0.6 is 11.6 Å². The van der Waals surface area contributed by atoms with Gasteiger partial charge in [0, 0.05) is 10.6 Å². The lowest BCUT2D eigenvalue weighted by Crippen LogP contribution is -2.32. The Hall–Kier alpha value is -1.41. The first-order valence-electron chi connectivity index (χ1n) is 7.21. The highest BCUT2D eigenvalue weighted by atomic mass is 35.5. The van der Waals surface area contributed by atoms with Gasteiger partial charge in [0.1, 0.15) is 11.6 Å². The molecule has 1 aliphatic carbocycles. The predicted molar refractivity (Wildman–Crippen MR) is 81.8 cm³/mol. The lowest BCUT2D eigenvalue weighted by Gasteiger charge is -2.36. The van der Waals surface area contributed by atoms with Crippen molar-refractivity contribution in [1.82, 2.24) is 0 Å². The van der Waals surface area contributed by atoms with E-state index in [1.807, 2.05) is 31.2 Å². The number of fused-ring (bicyclic) bond motifs is 1. The van der Waals surface area contributed by atoms with E-state index in [0.717, 1.165) is 18.4 Å². The first-order chi connectivity index (χ1) is 9.99. The Bertz CT molecular complexity index is 664. The SMILES string of the molecule is CC1(Cc2ccc(Cl)cc2)CCCc2c(F)ccc(F)c21. The van der Waals surface area contributed by atoms with Crippen LogP contribution in [-0.2, 0) is 18.3 Å². The third-order valence-electron chi connectivity index (χ3n) is 4.47. The first-order valence-corrected chi connectivity index (χ1v) is 7.59. The molecule has 0 spiro atoms. The molecule has 0 heterocycles. The summed E-state index contributed by atoms with van der Waals surface area (Å²) in [5.74, 6) is -0.573. The molecule has 0 fully saturated rings. The summed E-state index contributed by atoms with van der Waals surface area (Å²) < 4.78 is 28.3. The van der Waals surface area contributed by atoms with Gasteiger partial charge in [0.15, 0.2) is 0 Å². The zero-order valence-corrected chi connectivity index (χ0v) is 12.7. The molecule has 0 nitrogen and oxygen atoms in total. The van der Waals surface area contributed by atoms with Crippen LogP contribution in [0.5, 0.6) is 0 Å². The molecule has 2 aromatic carbocycles. The summed E-state index contributed by atoms with van der Waals surface area (Å²) in [6.07, 6.45) is 3.06. The molecule has 0 N–H and O–H groups in total. The van der Waals surface area contributed by atoms with Gasteiger partial charge in [0.2, 0.25) is 0 Å². The van der Waals surface area contributed by atoms with Crippen LogP contribution < -0.4 is 0 Å². The molecular weight excluding hydrogens is 290 g/mol. The van der Waals surface area contributed by atoms with Gasteiger partial charge in [-0.2, -0.15) is 0 Å². The molecule has 0 bridgehead atoms. The van der Waals surface area contributed by atoms with Crippen LogP contribution in [-0.4, -0.2) is 0 Å². The minimum atomic E-state index is -0.367. The fraction of sp³-hybridized carbons (Fsp3) is 0.333. The van der Waals surface area contributed by atoms with E-state index in [4.69, 9.17) is 11.6 Å². The molecular formula is C18H17ClF2. The third-order valence-corrected chi connectivity index (χ3v) is 4.72. The summed E-state index contributed by atoms with van der Waals surface area (Å²) in [4.78, 5) is 0. The first kappa shape index (κ1) is 14.5. The van der Waals surface area contributed by atoms with E-state index in [9.17, 15) is 8.78 Å². The smallest absolute Gasteiger partial charge is 0.127 e. The van der Waals surface area contributed by atoms with Crippen LogP contribution in [0.2, 0.25) is 5.02 Å². The second kappa shape index (κ2) is 5.42. The average Bonchev–Trinajstić information content (AvgIpc) is 2.45. The van der Waals surface area contributed by atoms with Crippen LogP contribution in [0.4, 0.5) is 8.78 Å². The van der Waals surface area contributed by atoms with Crippen molar-refractivity contribution in [3.05, 3.63) is 69.7 Å². The molecule has 0 saturated heterocycles. The minimum Gasteiger partial charge on any atom is -0.207 e. The molecule has 0 saturated carbocycles. The Balaban J connectivity index is 2.03. The van der Waals surface area contributed by atoms with Gasteiger partial charge in [0.25, 0.3) is 0 Å². The molecule has 1 unspecified atom stereocenters. The summed E-state index contributed by atoms with van der Waals surface area (Å²) in [6.45, 7) is 2.03. The Morgan fingerprint density at radius 3 is 2.43 bits per heavy atom. The Morgan fingerprint density at radius 2 is 1.71 bits per heavy atom. The van der Waals surface area contributed by atoms with Crippen LogP contribution in [0.15, 0.2) is 36.4 Å². The summed E-state index contributed by atoms with van der Waals surface area (Å²) in [5.41, 5.74) is 1.84. The van der Waals surface area contributed by atoms with Crippen molar-refractivity contribution in [3.8, 4) is 0 Å². The lowest BCUT2D eigenvalue weighted by molar-refractivity contribution is 0.364. The summed E-state index contributed by atoms with van der Waals surface area (Å²) in [5, 5.41) is 0.685. The van der Waals surface area contributed by atoms with E-state index in [1.165, 1.54) is 12.1 Å². The number of benzene rings is 2. The molecule has 2 aromatic rings. The van der Waals surface area contributed by atoms with Gasteiger partial charge in [0.05, 0.1) is 0 Å². The fourth-order valence-electron chi connectivity index (χ4n) is 3.50. The van der Waals surface area contributed by atoms with Crippen molar-refractivity contribution in [3.63, 3.8) is 0 Å². The van der Waals surface area contributed by atoms with E-state index in [2.05, 4.69) is 0 Å². The second-order valence-electron chi connectivity index (χ2n) is 6.10. The van der Waals surface area contributed by atoms with Crippen molar-refractivity contribution >= 4 is 11.6 Å². The van der Waals surface area contributed by atoms with Crippen LogP contribution in [0.3, 0.4) is 0 Å². The lowest BCUT2D eigenvalue weighted by atomic mass is 9.68. The molecule has 1 aliphatic rings. The van der Waals surface area contributed by atoms with Crippen molar-refractivity contribution < 1.29 is 8.78 Å². The van der Waals surface area contributed by atoms with E-state index in [-0.39, 0.29) is 17.0 Å². The van der Waals surface area contributed by atoms with Crippen molar-refractivity contribution in [2.24, 2.45) is 0 Å². The topological polar surface area (TPSA) is 0 Å². The summed E-state index contributed by atoms with van der Waals surface area (Å²) in [7, 11) is 0. The number of rotatable bonds is 2. The predicted octanol–water partition coefficient (Wildman–Crippen LogP) is 5.45. The van der Waals surface area contributed by atoms with Crippen LogP contribution in [0.1, 0.15) is 36.5 Å². The van der Waals surface area contributed by atoms with E-state index in [1.54, 1.807) is 0 Å². The highest BCUT2D eigenvalue weighted by molar-refractivity contribution is 6.30. The molecule has 3 rings (SSSR count). The van der Waals surface area contributed by atoms with Gasteiger partial charge in [-0.15, -0.1) is 0 Å². The molecule has 3 heteroatoms. The summed E-state index contributed by atoms with van der Waals surface area (Å²) >= 11 is 5.91. The van der Waals surface area contributed by atoms with E-state index >= 15 is 0 Å². The standard InChI is InChI=1S/C18H17ClF2/c1-18(11-12-4-6-13(19)7-5-12)10-2-3-14-15(20)8-9-16(21)17(14)18/h4-9H,2-3,10-11H2,1H3. The fourth-order valence-corrected chi connectivity index (χ4v) is 3.63. The highest BCUT2D eigenvalue weighted by Crippen LogP contribution is 2.42. The highest BCUT2D eigenvalue weighted by Gasteiger charge is 2.36. The molecule has 110 valence electrons. The zero-order chi connectivity index (χ0) is 15.0. The molecule has 1 atom stereocenters. The number of halogens is 3. The maximum Gasteiger partial charge on any atom is 0.127 e. The molecule has 0 aromatic heterocycles. The third kappa shape index (κ3) is 2.69. The van der Waals surface area contributed by atoms with Gasteiger partial charge in [-0.3, -0.25) is 0 Å². The van der Waals surface area contributed by atoms with Gasteiger partial charge in [-0.05, 0) is 66.5 Å². The molecule has 0 amide bonds. The zero-order valence-electron chi connectivity index (χ0n) is 11.9. The summed E-state index contributed by atoms with van der Waals surface area (Å²) in [6, 6.07) is 10.1. The second-order valence-corrected chi connectivity index (χ2v) is 6.54. The van der Waals surface area contributed by atoms with Crippen LogP contribution in [0.25, 0.3) is 0 Å². The van der Waals surface area contributed by atoms with Gasteiger partial charge < -0.3 is 0 Å². The average molecular weight is 307 g/mol. The minimum absolute atomic E-state index is 0.284. The Labute approximate surface area is 128 Å². The Kier molecular flexibility index (Phi) is 3.75. The van der Waals surface area contributed by atoms with Crippen molar-refractivity contribution in [1.29, 1.82) is 0 Å². The number of hydrogen-bond acceptors (Lipinski definition) is 0. The molecule has 0 aliphatic heterocycles. The van der Waals surface area contributed by atoms with Gasteiger partial charge >= 0.3 is 0 Å². The van der Waals surface area contributed by atoms with Crippen molar-refractivity contribution in [2.45, 2.75) is 38.0 Å². The normalized spacial score (nSPS) is 21.1. The monoisotopic (exact) mass is 306 g/mol. The molecule has 21 heavy (non-hydrogen) atoms. The van der Waals surface area contributed by atoms with E-state index in [0.29, 0.717) is 29.0 Å². The quantitative estimate of drug-likeness (QED) is 0.691. The van der Waals surface area contributed by atoms with Gasteiger partial charge in [-0.1, -0.05) is 30.7 Å². The maximum atomic E-state index is 14.3. The van der Waals surface area contributed by atoms with Crippen LogP contribution in [0, 0.1) is 11.6 Å². The van der Waals surface area contributed by atoms with Crippen molar-refractivity contribution in [2.75, 3.05) is 0 Å². The Morgan fingerprint density at radius 1 is 1.05 bits per heavy atom. The van der Waals surface area contributed by atoms with E-state index < -0.39 is 0 Å². The van der Waals surface area contributed by atoms with Gasteiger partial charge in [-0.25, -0.2) is 8.78 Å². The molecule has 0 radical (unpaired) electrons. The largest absolute Gasteiger partial charge is 0.207 e.